The number of rotatable bonds is 6. The first-order valence-electron chi connectivity index (χ1n) is 7.27. The second-order valence-electron chi connectivity index (χ2n) is 6.05. The van der Waals surface area contributed by atoms with Crippen LogP contribution in [0.25, 0.3) is 0 Å². The topological polar surface area (TPSA) is 61.4 Å². The Hall–Kier alpha value is -0.170. The quantitative estimate of drug-likeness (QED) is 0.778. The molecule has 1 fully saturated rings. The van der Waals surface area contributed by atoms with Crippen LogP contribution in [0.2, 0.25) is 0 Å². The summed E-state index contributed by atoms with van der Waals surface area (Å²) >= 11 is 0. The monoisotopic (exact) mass is 291 g/mol. The summed E-state index contributed by atoms with van der Waals surface area (Å²) in [5, 5.41) is 4.65. The third kappa shape index (κ3) is 5.02. The van der Waals surface area contributed by atoms with Crippen LogP contribution >= 0.6 is 0 Å². The van der Waals surface area contributed by atoms with Crippen LogP contribution in [0, 0.1) is 0 Å². The molecule has 1 saturated heterocycles. The Morgan fingerprint density at radius 1 is 1.16 bits per heavy atom. The molecule has 0 radical (unpaired) electrons. The van der Waals surface area contributed by atoms with Crippen LogP contribution in [0.3, 0.4) is 0 Å². The molecule has 1 aliphatic rings. The lowest BCUT2D eigenvalue weighted by Crippen LogP contribution is -2.56. The summed E-state index contributed by atoms with van der Waals surface area (Å²) < 4.78 is 24.6. The lowest BCUT2D eigenvalue weighted by Gasteiger charge is -2.39. The van der Waals surface area contributed by atoms with Crippen molar-refractivity contribution < 1.29 is 8.42 Å². The van der Waals surface area contributed by atoms with E-state index in [1.807, 2.05) is 18.9 Å². The van der Waals surface area contributed by atoms with Crippen molar-refractivity contribution >= 4 is 10.0 Å². The van der Waals surface area contributed by atoms with Gasteiger partial charge in [-0.1, -0.05) is 20.3 Å². The lowest BCUT2D eigenvalue weighted by molar-refractivity contribution is 0.0786. The Bertz CT molecular complexity index is 360. The van der Waals surface area contributed by atoms with E-state index >= 15 is 0 Å². The van der Waals surface area contributed by atoms with Gasteiger partial charge in [0.2, 0.25) is 10.0 Å². The summed E-state index contributed by atoms with van der Waals surface area (Å²) in [5.41, 5.74) is 0. The first-order chi connectivity index (χ1) is 8.74. The molecular weight excluding hydrogens is 262 g/mol. The van der Waals surface area contributed by atoms with E-state index in [9.17, 15) is 8.42 Å². The van der Waals surface area contributed by atoms with Gasteiger partial charge in [0, 0.05) is 24.7 Å². The van der Waals surface area contributed by atoms with E-state index in [1.54, 1.807) is 6.92 Å². The number of sulfonamides is 1. The highest BCUT2D eigenvalue weighted by molar-refractivity contribution is 7.90. The van der Waals surface area contributed by atoms with E-state index in [0.29, 0.717) is 12.6 Å². The Balaban J connectivity index is 2.62. The maximum absolute atomic E-state index is 12.3. The van der Waals surface area contributed by atoms with Gasteiger partial charge in [-0.15, -0.1) is 4.83 Å². The van der Waals surface area contributed by atoms with Gasteiger partial charge in [-0.3, -0.25) is 0 Å². The minimum Gasteiger partial charge on any atom is -0.313 e. The number of hydrogen-bond donors (Lipinski definition) is 2. The van der Waals surface area contributed by atoms with Crippen molar-refractivity contribution in [2.45, 2.75) is 77.3 Å². The van der Waals surface area contributed by atoms with E-state index in [1.165, 1.54) is 6.42 Å². The van der Waals surface area contributed by atoms with Crippen LogP contribution in [-0.4, -0.2) is 43.3 Å². The summed E-state index contributed by atoms with van der Waals surface area (Å²) in [4.78, 5) is 2.78. The molecule has 2 N–H and O–H groups in total. The summed E-state index contributed by atoms with van der Waals surface area (Å²) in [7, 11) is -3.31. The minimum absolute atomic E-state index is 0.267. The van der Waals surface area contributed by atoms with Gasteiger partial charge in [0.05, 0.1) is 5.25 Å². The van der Waals surface area contributed by atoms with Crippen LogP contribution in [0.4, 0.5) is 0 Å². The van der Waals surface area contributed by atoms with Crippen molar-refractivity contribution in [3.05, 3.63) is 0 Å². The zero-order valence-corrected chi connectivity index (χ0v) is 13.6. The molecule has 5 nitrogen and oxygen atoms in total. The van der Waals surface area contributed by atoms with E-state index in [4.69, 9.17) is 0 Å². The van der Waals surface area contributed by atoms with Crippen molar-refractivity contribution in [3.8, 4) is 0 Å². The fourth-order valence-corrected chi connectivity index (χ4v) is 3.50. The van der Waals surface area contributed by atoms with E-state index in [-0.39, 0.29) is 12.1 Å². The molecule has 0 amide bonds. The largest absolute Gasteiger partial charge is 0.313 e. The first-order valence-corrected chi connectivity index (χ1v) is 8.81. The average molecular weight is 291 g/mol. The Morgan fingerprint density at radius 3 is 2.16 bits per heavy atom. The van der Waals surface area contributed by atoms with Crippen molar-refractivity contribution in [2.75, 3.05) is 6.54 Å². The van der Waals surface area contributed by atoms with Crippen LogP contribution in [0.15, 0.2) is 0 Å². The second kappa shape index (κ2) is 7.02. The number of nitrogens with one attached hydrogen (secondary N) is 2. The molecular formula is C13H29N3O2S. The van der Waals surface area contributed by atoms with Gasteiger partial charge >= 0.3 is 0 Å². The third-order valence-electron chi connectivity index (χ3n) is 3.77. The molecule has 19 heavy (non-hydrogen) atoms. The highest BCUT2D eigenvalue weighted by Gasteiger charge is 2.30. The smallest absolute Gasteiger partial charge is 0.228 e. The number of hydrogen-bond acceptors (Lipinski definition) is 4. The Morgan fingerprint density at radius 2 is 1.68 bits per heavy atom. The van der Waals surface area contributed by atoms with Crippen LogP contribution in [-0.2, 0) is 10.0 Å². The molecule has 3 unspecified atom stereocenters. The fraction of sp³-hybridized carbons (Fsp3) is 1.00. The number of nitrogens with zero attached hydrogens (tertiary/aromatic N) is 1. The Labute approximate surface area is 118 Å². The summed E-state index contributed by atoms with van der Waals surface area (Å²) in [6.45, 7) is 10.4. The lowest BCUT2D eigenvalue weighted by atomic mass is 10.0. The molecule has 0 saturated carbocycles. The van der Waals surface area contributed by atoms with E-state index in [0.717, 1.165) is 12.8 Å². The highest BCUT2D eigenvalue weighted by atomic mass is 32.2. The SMILES string of the molecule is CC(C)NCC(C)S(=O)(=O)NN1C(C)CCCC1C. The van der Waals surface area contributed by atoms with Crippen LogP contribution < -0.4 is 10.1 Å². The number of piperidine rings is 1. The molecule has 114 valence electrons. The fourth-order valence-electron chi connectivity index (χ4n) is 2.35. The molecule has 0 aromatic carbocycles. The zero-order valence-electron chi connectivity index (χ0n) is 12.8. The molecule has 0 aromatic heterocycles. The molecule has 0 aromatic rings. The van der Waals surface area contributed by atoms with Gasteiger partial charge in [0.15, 0.2) is 0 Å². The van der Waals surface area contributed by atoms with Crippen molar-refractivity contribution in [2.24, 2.45) is 0 Å². The maximum Gasteiger partial charge on any atom is 0.228 e. The Kier molecular flexibility index (Phi) is 6.23. The summed E-state index contributed by atoms with van der Waals surface area (Å²) in [6, 6.07) is 0.832. The summed E-state index contributed by atoms with van der Waals surface area (Å²) in [6.07, 6.45) is 3.27. The molecule has 0 aliphatic carbocycles. The predicted octanol–water partition coefficient (Wildman–Crippen LogP) is 1.47. The molecule has 0 spiro atoms. The van der Waals surface area contributed by atoms with Gasteiger partial charge in [-0.25, -0.2) is 13.4 Å². The van der Waals surface area contributed by atoms with Crippen LogP contribution in [0.5, 0.6) is 0 Å². The van der Waals surface area contributed by atoms with E-state index in [2.05, 4.69) is 24.0 Å². The third-order valence-corrected chi connectivity index (χ3v) is 5.46. The molecule has 3 atom stereocenters. The average Bonchev–Trinajstić information content (AvgIpc) is 2.31. The van der Waals surface area contributed by atoms with E-state index < -0.39 is 15.3 Å². The summed E-state index contributed by atoms with van der Waals surface area (Å²) in [5.74, 6) is 0. The normalized spacial score (nSPS) is 27.7. The standard InChI is InChI=1S/C13H29N3O2S/c1-10(2)14-9-13(5)19(17,18)15-16-11(3)7-6-8-12(16)4/h10-15H,6-9H2,1-5H3. The first kappa shape index (κ1) is 16.9. The minimum atomic E-state index is -3.31. The van der Waals surface area contributed by atoms with Gasteiger partial charge < -0.3 is 5.32 Å². The number of hydrazine groups is 1. The van der Waals surface area contributed by atoms with Gasteiger partial charge in [-0.05, 0) is 33.6 Å². The van der Waals surface area contributed by atoms with Crippen molar-refractivity contribution in [3.63, 3.8) is 0 Å². The molecule has 1 aliphatic heterocycles. The zero-order chi connectivity index (χ0) is 14.6. The highest BCUT2D eigenvalue weighted by Crippen LogP contribution is 2.21. The molecule has 1 rings (SSSR count). The molecule has 1 heterocycles. The molecule has 6 heteroatoms. The van der Waals surface area contributed by atoms with Gasteiger partial charge in [0.25, 0.3) is 0 Å². The predicted molar refractivity (Wildman–Crippen MR) is 79.3 cm³/mol. The van der Waals surface area contributed by atoms with Crippen molar-refractivity contribution in [1.29, 1.82) is 0 Å². The maximum atomic E-state index is 12.3. The van der Waals surface area contributed by atoms with Gasteiger partial charge in [-0.2, -0.15) is 0 Å². The van der Waals surface area contributed by atoms with Crippen LogP contribution in [0.1, 0.15) is 53.9 Å². The molecule has 0 bridgehead atoms. The van der Waals surface area contributed by atoms with Gasteiger partial charge in [0.1, 0.15) is 0 Å². The second-order valence-corrected chi connectivity index (χ2v) is 8.12. The van der Waals surface area contributed by atoms with Crippen molar-refractivity contribution in [1.82, 2.24) is 15.2 Å².